The first kappa shape index (κ1) is 18.7. The number of rotatable bonds is 7. The summed E-state index contributed by atoms with van der Waals surface area (Å²) in [6, 6.07) is 9.28. The summed E-state index contributed by atoms with van der Waals surface area (Å²) < 4.78 is 4.94. The Morgan fingerprint density at radius 2 is 1.88 bits per heavy atom. The van der Waals surface area contributed by atoms with Crippen molar-refractivity contribution in [3.63, 3.8) is 0 Å². The first-order valence-corrected chi connectivity index (χ1v) is 8.75. The van der Waals surface area contributed by atoms with Crippen molar-refractivity contribution in [2.24, 2.45) is 0 Å². The summed E-state index contributed by atoms with van der Waals surface area (Å²) in [5, 5.41) is 6.96. The zero-order valence-electron chi connectivity index (χ0n) is 14.1. The molecular weight excluding hydrogens is 340 g/mol. The molecule has 0 saturated carbocycles. The van der Waals surface area contributed by atoms with Crippen LogP contribution >= 0.6 is 11.3 Å². The van der Waals surface area contributed by atoms with Crippen LogP contribution in [0.4, 0.5) is 5.69 Å². The van der Waals surface area contributed by atoms with Gasteiger partial charge in [0.15, 0.2) is 6.61 Å². The van der Waals surface area contributed by atoms with Crippen LogP contribution in [0, 0.1) is 6.92 Å². The minimum Gasteiger partial charge on any atom is -0.451 e. The van der Waals surface area contributed by atoms with Gasteiger partial charge in [0.25, 0.3) is 5.91 Å². The lowest BCUT2D eigenvalue weighted by Crippen LogP contribution is -2.35. The molecule has 6 nitrogen and oxygen atoms in total. The molecule has 0 bridgehead atoms. The van der Waals surface area contributed by atoms with Gasteiger partial charge >= 0.3 is 5.97 Å². The number of benzene rings is 1. The summed E-state index contributed by atoms with van der Waals surface area (Å²) in [7, 11) is 0. The monoisotopic (exact) mass is 360 g/mol. The Morgan fingerprint density at radius 1 is 1.12 bits per heavy atom. The van der Waals surface area contributed by atoms with Crippen LogP contribution in [0.15, 0.2) is 35.7 Å². The van der Waals surface area contributed by atoms with Crippen molar-refractivity contribution in [1.29, 1.82) is 0 Å². The molecule has 0 aliphatic rings. The van der Waals surface area contributed by atoms with E-state index in [1.165, 1.54) is 11.3 Å². The van der Waals surface area contributed by atoms with Crippen molar-refractivity contribution < 1.29 is 19.1 Å². The molecule has 2 N–H and O–H groups in total. The molecule has 0 atom stereocenters. The van der Waals surface area contributed by atoms with Gasteiger partial charge in [0.2, 0.25) is 5.91 Å². The first-order chi connectivity index (χ1) is 12.0. The molecule has 0 fully saturated rings. The number of carbonyl (C=O) groups excluding carboxylic acids is 3. The summed E-state index contributed by atoms with van der Waals surface area (Å²) in [5.41, 5.74) is 2.55. The third-order valence-electron chi connectivity index (χ3n) is 3.50. The second-order valence-corrected chi connectivity index (χ2v) is 6.26. The first-order valence-electron chi connectivity index (χ1n) is 7.87. The Labute approximate surface area is 150 Å². The molecular formula is C18H20N2O4S. The Hall–Kier alpha value is -2.67. The second kappa shape index (κ2) is 8.98. The molecule has 132 valence electrons. The maximum atomic E-state index is 11.9. The fourth-order valence-corrected chi connectivity index (χ4v) is 2.97. The standard InChI is InChI=1S/C18H20N2O4S/c1-3-13-6-4-5-7-14(13)20-15(21)10-19-16(22)11-24-18(23)17-12(2)8-9-25-17/h4-9H,3,10-11H2,1-2H3,(H,19,22)(H,20,21). The third kappa shape index (κ3) is 5.42. The van der Waals surface area contributed by atoms with Crippen molar-refractivity contribution in [3.05, 3.63) is 51.7 Å². The van der Waals surface area contributed by atoms with E-state index in [4.69, 9.17) is 4.74 Å². The van der Waals surface area contributed by atoms with Gasteiger partial charge in [-0.1, -0.05) is 25.1 Å². The molecule has 25 heavy (non-hydrogen) atoms. The molecule has 1 aromatic heterocycles. The Bertz CT molecular complexity index is 770. The van der Waals surface area contributed by atoms with Crippen LogP contribution in [0.3, 0.4) is 0 Å². The summed E-state index contributed by atoms with van der Waals surface area (Å²) >= 11 is 1.26. The van der Waals surface area contributed by atoms with E-state index in [1.54, 1.807) is 18.4 Å². The molecule has 1 heterocycles. The van der Waals surface area contributed by atoms with Gasteiger partial charge in [-0.15, -0.1) is 11.3 Å². The highest BCUT2D eigenvalue weighted by molar-refractivity contribution is 7.12. The predicted octanol–water partition coefficient (Wildman–Crippen LogP) is 2.53. The van der Waals surface area contributed by atoms with Crippen LogP contribution < -0.4 is 10.6 Å². The van der Waals surface area contributed by atoms with Gasteiger partial charge in [0, 0.05) is 5.69 Å². The van der Waals surface area contributed by atoms with Crippen LogP contribution in [0.5, 0.6) is 0 Å². The number of nitrogens with one attached hydrogen (secondary N) is 2. The van der Waals surface area contributed by atoms with E-state index in [2.05, 4.69) is 10.6 Å². The van der Waals surface area contributed by atoms with E-state index in [0.29, 0.717) is 4.88 Å². The van der Waals surface area contributed by atoms with Gasteiger partial charge in [-0.3, -0.25) is 9.59 Å². The number of amides is 2. The van der Waals surface area contributed by atoms with Crippen LogP contribution in [0.1, 0.15) is 27.7 Å². The Kier molecular flexibility index (Phi) is 6.71. The Morgan fingerprint density at radius 3 is 2.56 bits per heavy atom. The SMILES string of the molecule is CCc1ccccc1NC(=O)CNC(=O)COC(=O)c1sccc1C. The molecule has 0 saturated heterocycles. The zero-order chi connectivity index (χ0) is 18.2. The third-order valence-corrected chi connectivity index (χ3v) is 4.50. The lowest BCUT2D eigenvalue weighted by Gasteiger charge is -2.10. The smallest absolute Gasteiger partial charge is 0.349 e. The lowest BCUT2D eigenvalue weighted by molar-refractivity contribution is -0.126. The van der Waals surface area contributed by atoms with Gasteiger partial charge in [0.1, 0.15) is 4.88 Å². The fourth-order valence-electron chi connectivity index (χ4n) is 2.15. The highest BCUT2D eigenvalue weighted by atomic mass is 32.1. The average molecular weight is 360 g/mol. The largest absolute Gasteiger partial charge is 0.451 e. The normalized spacial score (nSPS) is 10.2. The van der Waals surface area contributed by atoms with Gasteiger partial charge in [-0.2, -0.15) is 0 Å². The molecule has 2 amide bonds. The van der Waals surface area contributed by atoms with E-state index < -0.39 is 18.5 Å². The zero-order valence-corrected chi connectivity index (χ0v) is 14.9. The van der Waals surface area contributed by atoms with E-state index in [9.17, 15) is 14.4 Å². The van der Waals surface area contributed by atoms with Gasteiger partial charge in [0.05, 0.1) is 6.54 Å². The van der Waals surface area contributed by atoms with Crippen LogP contribution in [0.25, 0.3) is 0 Å². The van der Waals surface area contributed by atoms with E-state index in [-0.39, 0.29) is 12.5 Å². The number of thiophene rings is 1. The quantitative estimate of drug-likeness (QED) is 0.743. The number of carbonyl (C=O) groups is 3. The second-order valence-electron chi connectivity index (χ2n) is 5.34. The number of esters is 1. The molecule has 7 heteroatoms. The van der Waals surface area contributed by atoms with Crippen LogP contribution in [-0.2, 0) is 20.7 Å². The maximum absolute atomic E-state index is 11.9. The van der Waals surface area contributed by atoms with Crippen LogP contribution in [0.2, 0.25) is 0 Å². The Balaban J connectivity index is 1.75. The van der Waals surface area contributed by atoms with Gasteiger partial charge in [-0.25, -0.2) is 4.79 Å². The molecule has 2 aromatic rings. The molecule has 0 unspecified atom stereocenters. The molecule has 0 aliphatic heterocycles. The van der Waals surface area contributed by atoms with Crippen molar-refractivity contribution in [1.82, 2.24) is 5.32 Å². The number of hydrogen-bond donors (Lipinski definition) is 2. The summed E-state index contributed by atoms with van der Waals surface area (Å²) in [4.78, 5) is 35.9. The van der Waals surface area contributed by atoms with Crippen molar-refractivity contribution in [3.8, 4) is 0 Å². The number of aryl methyl sites for hydroxylation is 2. The molecule has 0 spiro atoms. The van der Waals surface area contributed by atoms with E-state index in [0.717, 1.165) is 23.2 Å². The predicted molar refractivity (Wildman–Crippen MR) is 96.8 cm³/mol. The average Bonchev–Trinajstić information content (AvgIpc) is 3.04. The topological polar surface area (TPSA) is 84.5 Å². The van der Waals surface area contributed by atoms with Crippen LogP contribution in [-0.4, -0.2) is 30.9 Å². The molecule has 0 radical (unpaired) electrons. The lowest BCUT2D eigenvalue weighted by atomic mass is 10.1. The van der Waals surface area contributed by atoms with Gasteiger partial charge < -0.3 is 15.4 Å². The number of para-hydroxylation sites is 1. The van der Waals surface area contributed by atoms with Crippen molar-refractivity contribution >= 4 is 34.8 Å². The molecule has 2 rings (SSSR count). The summed E-state index contributed by atoms with van der Waals surface area (Å²) in [5.74, 6) is -1.40. The molecule has 0 aliphatic carbocycles. The fraction of sp³-hybridized carbons (Fsp3) is 0.278. The van der Waals surface area contributed by atoms with Gasteiger partial charge in [-0.05, 0) is 42.0 Å². The summed E-state index contributed by atoms with van der Waals surface area (Å²) in [6.45, 7) is 3.18. The maximum Gasteiger partial charge on any atom is 0.349 e. The number of hydrogen-bond acceptors (Lipinski definition) is 5. The number of anilines is 1. The number of ether oxygens (including phenoxy) is 1. The highest BCUT2D eigenvalue weighted by Crippen LogP contribution is 2.16. The summed E-state index contributed by atoms with van der Waals surface area (Å²) in [6.07, 6.45) is 0.793. The minimum atomic E-state index is -0.538. The van der Waals surface area contributed by atoms with Crippen molar-refractivity contribution in [2.45, 2.75) is 20.3 Å². The highest BCUT2D eigenvalue weighted by Gasteiger charge is 2.14. The van der Waals surface area contributed by atoms with E-state index in [1.807, 2.05) is 31.2 Å². The van der Waals surface area contributed by atoms with Crippen molar-refractivity contribution in [2.75, 3.05) is 18.5 Å². The van der Waals surface area contributed by atoms with E-state index >= 15 is 0 Å². The molecule has 1 aromatic carbocycles. The minimum absolute atomic E-state index is 0.188.